The number of nitrogen functional groups attached to an aromatic ring is 1. The van der Waals surface area contributed by atoms with Crippen LogP contribution in [0, 0.1) is 24.1 Å². The number of rotatable bonds is 0. The normalized spacial score (nSPS) is 8.23. The molecule has 1 aromatic carbocycles. The number of hydrogen-bond acceptors (Lipinski definition) is 2. The monoisotopic (exact) mass is 180 g/mol. The van der Waals surface area contributed by atoms with E-state index < -0.39 is 5.82 Å². The van der Waals surface area contributed by atoms with Gasteiger partial charge in [-0.15, -0.1) is 0 Å². The van der Waals surface area contributed by atoms with Crippen LogP contribution in [-0.4, -0.2) is 0 Å². The predicted octanol–water partition coefficient (Wildman–Crippen LogP) is 2.61. The van der Waals surface area contributed by atoms with Crippen LogP contribution in [-0.2, 0) is 0 Å². The van der Waals surface area contributed by atoms with Crippen LogP contribution in [0.3, 0.4) is 0 Å². The minimum Gasteiger partial charge on any atom is -0.398 e. The Kier molecular flexibility index (Phi) is 4.53. The van der Waals surface area contributed by atoms with Gasteiger partial charge in [0.1, 0.15) is 17.4 Å². The number of aryl methyl sites for hydroxylation is 1. The first-order valence-corrected chi connectivity index (χ1v) is 4.11. The SMILES string of the molecule is CC.Cc1ccc(N)c(C#N)c1F. The van der Waals surface area contributed by atoms with E-state index in [2.05, 4.69) is 0 Å². The quantitative estimate of drug-likeness (QED) is 0.624. The van der Waals surface area contributed by atoms with Gasteiger partial charge in [0, 0.05) is 0 Å². The second kappa shape index (κ2) is 5.15. The lowest BCUT2D eigenvalue weighted by Crippen LogP contribution is -1.95. The van der Waals surface area contributed by atoms with Crippen LogP contribution in [0.15, 0.2) is 12.1 Å². The van der Waals surface area contributed by atoms with Crippen molar-refractivity contribution in [2.24, 2.45) is 0 Å². The number of anilines is 1. The molecule has 70 valence electrons. The molecule has 0 aromatic heterocycles. The first-order valence-electron chi connectivity index (χ1n) is 4.11. The van der Waals surface area contributed by atoms with Crippen LogP contribution in [0.4, 0.5) is 10.1 Å². The molecule has 2 nitrogen and oxygen atoms in total. The summed E-state index contributed by atoms with van der Waals surface area (Å²) >= 11 is 0. The van der Waals surface area contributed by atoms with Crippen LogP contribution < -0.4 is 5.73 Å². The maximum Gasteiger partial charge on any atom is 0.145 e. The van der Waals surface area contributed by atoms with E-state index in [4.69, 9.17) is 11.0 Å². The van der Waals surface area contributed by atoms with E-state index in [1.54, 1.807) is 19.1 Å². The summed E-state index contributed by atoms with van der Waals surface area (Å²) in [6.07, 6.45) is 0. The molecule has 13 heavy (non-hydrogen) atoms. The van der Waals surface area contributed by atoms with Crippen LogP contribution in [0.2, 0.25) is 0 Å². The molecule has 3 heteroatoms. The molecule has 0 aliphatic heterocycles. The van der Waals surface area contributed by atoms with Gasteiger partial charge in [0.15, 0.2) is 0 Å². The zero-order chi connectivity index (χ0) is 10.4. The Morgan fingerprint density at radius 3 is 2.31 bits per heavy atom. The van der Waals surface area contributed by atoms with Gasteiger partial charge in [-0.25, -0.2) is 4.39 Å². The van der Waals surface area contributed by atoms with Crippen LogP contribution in [0.5, 0.6) is 0 Å². The molecular weight excluding hydrogens is 167 g/mol. The second-order valence-corrected chi connectivity index (χ2v) is 2.27. The topological polar surface area (TPSA) is 49.8 Å². The van der Waals surface area contributed by atoms with Crippen LogP contribution in [0.1, 0.15) is 25.0 Å². The summed E-state index contributed by atoms with van der Waals surface area (Å²) in [5, 5.41) is 8.45. The number of benzene rings is 1. The van der Waals surface area contributed by atoms with Crippen LogP contribution in [0.25, 0.3) is 0 Å². The minimum absolute atomic E-state index is 0.0648. The molecule has 0 spiro atoms. The first kappa shape index (κ1) is 11.4. The average Bonchev–Trinajstić information content (AvgIpc) is 2.16. The van der Waals surface area contributed by atoms with Gasteiger partial charge >= 0.3 is 0 Å². The zero-order valence-corrected chi connectivity index (χ0v) is 8.06. The lowest BCUT2D eigenvalue weighted by molar-refractivity contribution is 0.615. The summed E-state index contributed by atoms with van der Waals surface area (Å²) in [6.45, 7) is 5.59. The molecule has 2 N–H and O–H groups in total. The maximum absolute atomic E-state index is 13.0. The van der Waals surface area contributed by atoms with Crippen molar-refractivity contribution in [2.45, 2.75) is 20.8 Å². The Bertz CT molecular complexity index is 326. The lowest BCUT2D eigenvalue weighted by atomic mass is 10.1. The number of nitriles is 1. The summed E-state index contributed by atoms with van der Waals surface area (Å²) in [5.41, 5.74) is 5.90. The highest BCUT2D eigenvalue weighted by molar-refractivity contribution is 5.55. The standard InChI is InChI=1S/C8H7FN2.C2H6/c1-5-2-3-7(11)6(4-10)8(5)9;1-2/h2-3H,11H2,1H3;1-2H3. The molecule has 0 amide bonds. The number of nitrogens with two attached hydrogens (primary N) is 1. The minimum atomic E-state index is -0.521. The number of halogens is 1. The Balaban J connectivity index is 0.000000671. The van der Waals surface area contributed by atoms with Gasteiger partial charge in [0.25, 0.3) is 0 Å². The van der Waals surface area contributed by atoms with E-state index in [0.29, 0.717) is 5.56 Å². The summed E-state index contributed by atoms with van der Waals surface area (Å²) in [6, 6.07) is 4.78. The van der Waals surface area contributed by atoms with Gasteiger partial charge in [0.05, 0.1) is 5.69 Å². The Hall–Kier alpha value is -1.56. The van der Waals surface area contributed by atoms with E-state index in [0.717, 1.165) is 0 Å². The summed E-state index contributed by atoms with van der Waals surface area (Å²) < 4.78 is 13.0. The molecule has 0 saturated heterocycles. The molecule has 0 heterocycles. The van der Waals surface area contributed by atoms with Crippen molar-refractivity contribution in [1.29, 1.82) is 5.26 Å². The molecule has 1 aromatic rings. The fourth-order valence-electron chi connectivity index (χ4n) is 0.809. The third-order valence-corrected chi connectivity index (χ3v) is 1.48. The van der Waals surface area contributed by atoms with Crippen molar-refractivity contribution in [3.63, 3.8) is 0 Å². The number of hydrogen-bond donors (Lipinski definition) is 1. The summed E-state index contributed by atoms with van der Waals surface area (Å²) in [5.74, 6) is -0.521. The molecule has 0 saturated carbocycles. The molecule has 0 radical (unpaired) electrons. The van der Waals surface area contributed by atoms with E-state index in [1.165, 1.54) is 6.07 Å². The Labute approximate surface area is 77.8 Å². The van der Waals surface area contributed by atoms with Gasteiger partial charge in [-0.3, -0.25) is 0 Å². The van der Waals surface area contributed by atoms with Crippen LogP contribution >= 0.6 is 0 Å². The number of nitrogens with zero attached hydrogens (tertiary/aromatic N) is 1. The fourth-order valence-corrected chi connectivity index (χ4v) is 0.809. The lowest BCUT2D eigenvalue weighted by Gasteiger charge is -2.00. The highest BCUT2D eigenvalue weighted by atomic mass is 19.1. The Morgan fingerprint density at radius 1 is 1.38 bits per heavy atom. The summed E-state index contributed by atoms with van der Waals surface area (Å²) in [4.78, 5) is 0. The highest BCUT2D eigenvalue weighted by Crippen LogP contribution is 2.17. The van der Waals surface area contributed by atoms with Crippen molar-refractivity contribution >= 4 is 5.69 Å². The predicted molar refractivity (Wildman–Crippen MR) is 51.6 cm³/mol. The largest absolute Gasteiger partial charge is 0.398 e. The van der Waals surface area contributed by atoms with Crippen molar-refractivity contribution in [3.05, 3.63) is 29.1 Å². The van der Waals surface area contributed by atoms with Crippen molar-refractivity contribution < 1.29 is 4.39 Å². The van der Waals surface area contributed by atoms with E-state index in [-0.39, 0.29) is 11.3 Å². The van der Waals surface area contributed by atoms with Gasteiger partial charge in [-0.2, -0.15) is 5.26 Å². The van der Waals surface area contributed by atoms with Gasteiger partial charge in [-0.1, -0.05) is 19.9 Å². The smallest absolute Gasteiger partial charge is 0.145 e. The Morgan fingerprint density at radius 2 is 1.92 bits per heavy atom. The fraction of sp³-hybridized carbons (Fsp3) is 0.300. The molecule has 0 atom stereocenters. The second-order valence-electron chi connectivity index (χ2n) is 2.27. The van der Waals surface area contributed by atoms with E-state index >= 15 is 0 Å². The third kappa shape index (κ3) is 2.45. The van der Waals surface area contributed by atoms with Gasteiger partial charge < -0.3 is 5.73 Å². The van der Waals surface area contributed by atoms with Crippen molar-refractivity contribution in [1.82, 2.24) is 0 Å². The summed E-state index contributed by atoms with van der Waals surface area (Å²) in [7, 11) is 0. The molecular formula is C10H13FN2. The molecule has 0 bridgehead atoms. The molecule has 0 unspecified atom stereocenters. The van der Waals surface area contributed by atoms with Crippen molar-refractivity contribution in [3.8, 4) is 6.07 Å². The molecule has 0 aliphatic carbocycles. The van der Waals surface area contributed by atoms with Gasteiger partial charge in [0.2, 0.25) is 0 Å². The molecule has 0 aliphatic rings. The zero-order valence-electron chi connectivity index (χ0n) is 8.06. The third-order valence-electron chi connectivity index (χ3n) is 1.48. The average molecular weight is 180 g/mol. The van der Waals surface area contributed by atoms with E-state index in [9.17, 15) is 4.39 Å². The molecule has 1 rings (SSSR count). The molecule has 0 fully saturated rings. The van der Waals surface area contributed by atoms with E-state index in [1.807, 2.05) is 13.8 Å². The highest BCUT2D eigenvalue weighted by Gasteiger charge is 2.07. The maximum atomic E-state index is 13.0. The van der Waals surface area contributed by atoms with Crippen molar-refractivity contribution in [2.75, 3.05) is 5.73 Å². The first-order chi connectivity index (χ1) is 6.16. The van der Waals surface area contributed by atoms with Gasteiger partial charge in [-0.05, 0) is 18.6 Å².